The molecule has 0 aromatic rings. The van der Waals surface area contributed by atoms with E-state index in [1.165, 1.54) is 0 Å². The van der Waals surface area contributed by atoms with Gasteiger partial charge in [-0.3, -0.25) is 9.59 Å². The second-order valence-electron chi connectivity index (χ2n) is 5.70. The van der Waals surface area contributed by atoms with Crippen molar-refractivity contribution >= 4 is 11.9 Å². The van der Waals surface area contributed by atoms with Gasteiger partial charge in [-0.15, -0.1) is 0 Å². The molecular formula is C14H25NO4. The number of aliphatic carboxylic acids is 1. The highest BCUT2D eigenvalue weighted by Gasteiger charge is 2.43. The first-order chi connectivity index (χ1) is 8.87. The van der Waals surface area contributed by atoms with E-state index in [2.05, 4.69) is 0 Å². The highest BCUT2D eigenvalue weighted by atomic mass is 16.5. The number of hydrogen-bond acceptors (Lipinski definition) is 3. The van der Waals surface area contributed by atoms with Gasteiger partial charge in [0.25, 0.3) is 0 Å². The number of likely N-dealkylation sites (N-methyl/N-ethyl adjacent to an activating group) is 1. The highest BCUT2D eigenvalue weighted by molar-refractivity contribution is 5.85. The molecule has 5 heteroatoms. The summed E-state index contributed by atoms with van der Waals surface area (Å²) in [4.78, 5) is 25.1. The minimum atomic E-state index is -0.829. The van der Waals surface area contributed by atoms with Gasteiger partial charge in [-0.2, -0.15) is 0 Å². The van der Waals surface area contributed by atoms with Crippen LogP contribution in [0.4, 0.5) is 0 Å². The lowest BCUT2D eigenvalue weighted by Crippen LogP contribution is -2.38. The Morgan fingerprint density at radius 3 is 2.37 bits per heavy atom. The SMILES string of the molecule is CC(C)OCCN(C)C(=O)CC1(C(=O)O)CCCC1. The van der Waals surface area contributed by atoms with E-state index in [0.29, 0.717) is 26.0 Å². The maximum atomic E-state index is 12.1. The lowest BCUT2D eigenvalue weighted by molar-refractivity contribution is -0.153. The molecule has 1 rings (SSSR count). The highest BCUT2D eigenvalue weighted by Crippen LogP contribution is 2.41. The number of nitrogens with zero attached hydrogens (tertiary/aromatic N) is 1. The van der Waals surface area contributed by atoms with Crippen LogP contribution in [0.1, 0.15) is 46.0 Å². The summed E-state index contributed by atoms with van der Waals surface area (Å²) >= 11 is 0. The lowest BCUT2D eigenvalue weighted by atomic mass is 9.82. The molecule has 0 saturated heterocycles. The number of carbonyl (C=O) groups is 2. The monoisotopic (exact) mass is 271 g/mol. The Morgan fingerprint density at radius 1 is 1.32 bits per heavy atom. The fraction of sp³-hybridized carbons (Fsp3) is 0.857. The average molecular weight is 271 g/mol. The first-order valence-electron chi connectivity index (χ1n) is 6.96. The molecule has 1 saturated carbocycles. The number of ether oxygens (including phenoxy) is 1. The van der Waals surface area contributed by atoms with Gasteiger partial charge in [-0.05, 0) is 26.7 Å². The zero-order valence-corrected chi connectivity index (χ0v) is 12.1. The summed E-state index contributed by atoms with van der Waals surface area (Å²) in [6, 6.07) is 0. The number of carboxylic acids is 1. The summed E-state index contributed by atoms with van der Waals surface area (Å²) in [5.74, 6) is -0.929. The molecule has 0 bridgehead atoms. The second-order valence-corrected chi connectivity index (χ2v) is 5.70. The Kier molecular flexibility index (Phi) is 5.79. The molecule has 0 unspecified atom stereocenters. The Morgan fingerprint density at radius 2 is 1.89 bits per heavy atom. The number of carbonyl (C=O) groups excluding carboxylic acids is 1. The molecule has 0 aliphatic heterocycles. The van der Waals surface area contributed by atoms with Gasteiger partial charge in [0.2, 0.25) is 5.91 Å². The van der Waals surface area contributed by atoms with E-state index in [1.54, 1.807) is 11.9 Å². The minimum Gasteiger partial charge on any atom is -0.481 e. The molecule has 0 atom stereocenters. The van der Waals surface area contributed by atoms with Crippen LogP contribution in [0.15, 0.2) is 0 Å². The van der Waals surface area contributed by atoms with E-state index < -0.39 is 11.4 Å². The summed E-state index contributed by atoms with van der Waals surface area (Å²) in [5.41, 5.74) is -0.829. The summed E-state index contributed by atoms with van der Waals surface area (Å²) in [6.45, 7) is 4.88. The van der Waals surface area contributed by atoms with E-state index in [4.69, 9.17) is 4.74 Å². The molecule has 0 radical (unpaired) electrons. The molecule has 110 valence electrons. The summed E-state index contributed by atoms with van der Waals surface area (Å²) < 4.78 is 5.40. The van der Waals surface area contributed by atoms with E-state index in [0.717, 1.165) is 12.8 Å². The third-order valence-electron chi connectivity index (χ3n) is 3.81. The minimum absolute atomic E-state index is 0.100. The van der Waals surface area contributed by atoms with Gasteiger partial charge in [0.05, 0.1) is 18.1 Å². The maximum Gasteiger partial charge on any atom is 0.310 e. The standard InChI is InChI=1S/C14H25NO4/c1-11(2)19-9-8-15(3)12(16)10-14(13(17)18)6-4-5-7-14/h11H,4-10H2,1-3H3,(H,17,18). The summed E-state index contributed by atoms with van der Waals surface area (Å²) in [7, 11) is 1.70. The Labute approximate surface area is 114 Å². The molecule has 0 spiro atoms. The van der Waals surface area contributed by atoms with Crippen LogP contribution in [-0.4, -0.2) is 48.2 Å². The topological polar surface area (TPSA) is 66.8 Å². The fourth-order valence-electron chi connectivity index (χ4n) is 2.49. The number of hydrogen-bond donors (Lipinski definition) is 1. The predicted molar refractivity (Wildman–Crippen MR) is 71.9 cm³/mol. The molecule has 1 fully saturated rings. The Bertz CT molecular complexity index is 321. The van der Waals surface area contributed by atoms with Crippen molar-refractivity contribution in [1.29, 1.82) is 0 Å². The van der Waals surface area contributed by atoms with Crippen LogP contribution in [-0.2, 0) is 14.3 Å². The molecule has 19 heavy (non-hydrogen) atoms. The van der Waals surface area contributed by atoms with Gasteiger partial charge in [0, 0.05) is 20.0 Å². The molecule has 1 aliphatic rings. The quantitative estimate of drug-likeness (QED) is 0.768. The van der Waals surface area contributed by atoms with Crippen molar-refractivity contribution in [3.05, 3.63) is 0 Å². The van der Waals surface area contributed by atoms with Crippen molar-refractivity contribution < 1.29 is 19.4 Å². The van der Waals surface area contributed by atoms with Gasteiger partial charge in [-0.25, -0.2) is 0 Å². The van der Waals surface area contributed by atoms with Crippen LogP contribution in [0, 0.1) is 5.41 Å². The largest absolute Gasteiger partial charge is 0.481 e. The predicted octanol–water partition coefficient (Wildman–Crippen LogP) is 1.90. The molecule has 1 N–H and O–H groups in total. The van der Waals surface area contributed by atoms with Crippen molar-refractivity contribution in [3.8, 4) is 0 Å². The number of amides is 1. The van der Waals surface area contributed by atoms with Gasteiger partial charge in [-0.1, -0.05) is 12.8 Å². The fourth-order valence-corrected chi connectivity index (χ4v) is 2.49. The number of rotatable bonds is 7. The molecular weight excluding hydrogens is 246 g/mol. The number of carboxylic acid groups (broad SMARTS) is 1. The third-order valence-corrected chi connectivity index (χ3v) is 3.81. The van der Waals surface area contributed by atoms with Crippen molar-refractivity contribution in [1.82, 2.24) is 4.90 Å². The van der Waals surface area contributed by atoms with Crippen molar-refractivity contribution in [2.45, 2.75) is 52.1 Å². The van der Waals surface area contributed by atoms with Crippen LogP contribution in [0.25, 0.3) is 0 Å². The first kappa shape index (κ1) is 16.0. The van der Waals surface area contributed by atoms with Crippen LogP contribution < -0.4 is 0 Å². The zero-order valence-electron chi connectivity index (χ0n) is 12.1. The molecule has 0 heterocycles. The van der Waals surface area contributed by atoms with Crippen molar-refractivity contribution in [3.63, 3.8) is 0 Å². The Balaban J connectivity index is 2.46. The molecule has 1 amide bonds. The normalized spacial score (nSPS) is 17.7. The van der Waals surface area contributed by atoms with Crippen molar-refractivity contribution in [2.75, 3.05) is 20.2 Å². The zero-order chi connectivity index (χ0) is 14.5. The van der Waals surface area contributed by atoms with Gasteiger partial charge < -0.3 is 14.7 Å². The van der Waals surface area contributed by atoms with E-state index in [9.17, 15) is 14.7 Å². The van der Waals surface area contributed by atoms with Gasteiger partial charge in [0.15, 0.2) is 0 Å². The maximum absolute atomic E-state index is 12.1. The molecule has 0 aromatic heterocycles. The van der Waals surface area contributed by atoms with Gasteiger partial charge in [0.1, 0.15) is 0 Å². The lowest BCUT2D eigenvalue weighted by Gasteiger charge is -2.26. The van der Waals surface area contributed by atoms with Crippen molar-refractivity contribution in [2.24, 2.45) is 5.41 Å². The van der Waals surface area contributed by atoms with E-state index in [-0.39, 0.29) is 18.4 Å². The summed E-state index contributed by atoms with van der Waals surface area (Å²) in [6.07, 6.45) is 3.29. The van der Waals surface area contributed by atoms with Crippen LogP contribution in [0.2, 0.25) is 0 Å². The molecule has 0 aromatic carbocycles. The van der Waals surface area contributed by atoms with E-state index in [1.807, 2.05) is 13.8 Å². The second kappa shape index (κ2) is 6.89. The van der Waals surface area contributed by atoms with Gasteiger partial charge >= 0.3 is 5.97 Å². The van der Waals surface area contributed by atoms with Crippen LogP contribution >= 0.6 is 0 Å². The molecule has 5 nitrogen and oxygen atoms in total. The Hall–Kier alpha value is -1.10. The third kappa shape index (κ3) is 4.49. The summed E-state index contributed by atoms with van der Waals surface area (Å²) in [5, 5.41) is 9.35. The van der Waals surface area contributed by atoms with Crippen LogP contribution in [0.3, 0.4) is 0 Å². The van der Waals surface area contributed by atoms with Crippen LogP contribution in [0.5, 0.6) is 0 Å². The smallest absolute Gasteiger partial charge is 0.310 e. The average Bonchev–Trinajstić information content (AvgIpc) is 2.78. The van der Waals surface area contributed by atoms with E-state index >= 15 is 0 Å². The first-order valence-corrected chi connectivity index (χ1v) is 6.96. The molecule has 1 aliphatic carbocycles.